The molecule has 0 N–H and O–H groups in total. The zero-order valence-electron chi connectivity index (χ0n) is 17.5. The lowest BCUT2D eigenvalue weighted by Crippen LogP contribution is -2.24. The quantitative estimate of drug-likeness (QED) is 0.434. The Hall–Kier alpha value is -3.72. The Morgan fingerprint density at radius 2 is 1.55 bits per heavy atom. The summed E-state index contributed by atoms with van der Waals surface area (Å²) in [6.45, 7) is 1.64. The summed E-state index contributed by atoms with van der Waals surface area (Å²) in [5.74, 6) is -2.68. The Labute approximate surface area is 187 Å². The van der Waals surface area contributed by atoms with Crippen molar-refractivity contribution in [2.75, 3.05) is 6.26 Å². The van der Waals surface area contributed by atoms with Crippen molar-refractivity contribution in [1.82, 2.24) is 9.78 Å². The van der Waals surface area contributed by atoms with Gasteiger partial charge in [0.2, 0.25) is 0 Å². The molecule has 4 aromatic rings. The fourth-order valence-electron chi connectivity index (χ4n) is 3.52. The number of hydrogen-bond acceptors (Lipinski definition) is 4. The maximum Gasteiger partial charge on any atom is 0.280 e. The van der Waals surface area contributed by atoms with Gasteiger partial charge < -0.3 is 0 Å². The third-order valence-electron chi connectivity index (χ3n) is 5.18. The SMILES string of the molecule is Cc1cc(F)ccc1-c1c(-c2ccc(S(C)(=O)=O)cc2)cnn(-c2ccc(F)c(F)c2)c1=O. The first kappa shape index (κ1) is 22.5. The fraction of sp³-hybridized carbons (Fsp3) is 0.0833. The largest absolute Gasteiger partial charge is 0.280 e. The highest BCUT2D eigenvalue weighted by Crippen LogP contribution is 2.32. The van der Waals surface area contributed by atoms with Crippen molar-refractivity contribution in [3.63, 3.8) is 0 Å². The monoisotopic (exact) mass is 470 g/mol. The summed E-state index contributed by atoms with van der Waals surface area (Å²) in [6, 6.07) is 12.8. The first-order valence-electron chi connectivity index (χ1n) is 9.71. The highest BCUT2D eigenvalue weighted by molar-refractivity contribution is 7.90. The lowest BCUT2D eigenvalue weighted by Gasteiger charge is -2.15. The van der Waals surface area contributed by atoms with Crippen LogP contribution in [0.5, 0.6) is 0 Å². The highest BCUT2D eigenvalue weighted by atomic mass is 32.2. The van der Waals surface area contributed by atoms with Gasteiger partial charge in [-0.3, -0.25) is 4.79 Å². The zero-order valence-corrected chi connectivity index (χ0v) is 18.3. The molecule has 0 amide bonds. The van der Waals surface area contributed by atoms with E-state index in [0.29, 0.717) is 22.3 Å². The number of hydrogen-bond donors (Lipinski definition) is 0. The molecule has 0 radical (unpaired) electrons. The van der Waals surface area contributed by atoms with Crippen LogP contribution in [0.25, 0.3) is 27.9 Å². The number of rotatable bonds is 4. The van der Waals surface area contributed by atoms with E-state index in [1.807, 2.05) is 0 Å². The molecule has 1 aromatic heterocycles. The summed E-state index contributed by atoms with van der Waals surface area (Å²) in [5.41, 5.74) is 1.29. The van der Waals surface area contributed by atoms with E-state index in [0.717, 1.165) is 23.1 Å². The molecule has 168 valence electrons. The minimum atomic E-state index is -3.42. The molecule has 0 atom stereocenters. The molecule has 0 spiro atoms. The van der Waals surface area contributed by atoms with Gasteiger partial charge >= 0.3 is 0 Å². The van der Waals surface area contributed by atoms with E-state index >= 15 is 0 Å². The fourth-order valence-corrected chi connectivity index (χ4v) is 4.15. The minimum Gasteiger partial charge on any atom is -0.267 e. The van der Waals surface area contributed by atoms with Gasteiger partial charge in [0.05, 0.1) is 22.3 Å². The maximum atomic E-state index is 13.8. The van der Waals surface area contributed by atoms with Crippen molar-refractivity contribution < 1.29 is 21.6 Å². The number of nitrogens with zero attached hydrogens (tertiary/aromatic N) is 2. The van der Waals surface area contributed by atoms with Gasteiger partial charge in [0, 0.05) is 17.9 Å². The van der Waals surface area contributed by atoms with E-state index in [4.69, 9.17) is 0 Å². The molecule has 9 heteroatoms. The molecule has 0 aliphatic rings. The van der Waals surface area contributed by atoms with Crippen LogP contribution in [0, 0.1) is 24.4 Å². The van der Waals surface area contributed by atoms with Gasteiger partial charge in [0.25, 0.3) is 5.56 Å². The average Bonchev–Trinajstić information content (AvgIpc) is 2.76. The molecule has 0 fully saturated rings. The predicted molar refractivity (Wildman–Crippen MR) is 118 cm³/mol. The van der Waals surface area contributed by atoms with E-state index in [1.165, 1.54) is 54.7 Å². The molecule has 1 heterocycles. The summed E-state index contributed by atoms with van der Waals surface area (Å²) in [4.78, 5) is 13.6. The van der Waals surface area contributed by atoms with Crippen LogP contribution in [-0.4, -0.2) is 24.5 Å². The van der Waals surface area contributed by atoms with Gasteiger partial charge in [-0.05, 0) is 60.0 Å². The molecule has 0 saturated heterocycles. The Bertz CT molecular complexity index is 1550. The molecule has 0 unspecified atom stereocenters. The van der Waals surface area contributed by atoms with Gasteiger partial charge in [-0.15, -0.1) is 0 Å². The number of aromatic nitrogens is 2. The third-order valence-corrected chi connectivity index (χ3v) is 6.31. The zero-order chi connectivity index (χ0) is 23.9. The predicted octanol–water partition coefficient (Wildman–Crippen LogP) is 4.70. The molecular weight excluding hydrogens is 453 g/mol. The molecular formula is C24H17F3N2O3S. The van der Waals surface area contributed by atoms with Crippen LogP contribution < -0.4 is 5.56 Å². The minimum absolute atomic E-state index is 0.0129. The summed E-state index contributed by atoms with van der Waals surface area (Å²) < 4.78 is 65.4. The number of benzene rings is 3. The Morgan fingerprint density at radius 3 is 2.15 bits per heavy atom. The van der Waals surface area contributed by atoms with Gasteiger partial charge in [0.15, 0.2) is 21.5 Å². The second-order valence-electron chi connectivity index (χ2n) is 7.50. The number of sulfone groups is 1. The second-order valence-corrected chi connectivity index (χ2v) is 9.52. The highest BCUT2D eigenvalue weighted by Gasteiger charge is 2.19. The van der Waals surface area contributed by atoms with Crippen LogP contribution in [0.15, 0.2) is 76.6 Å². The standard InChI is InChI=1S/C24H17F3N2O3S/c1-14-11-16(25)5-9-19(14)23-20(15-3-7-18(8-4-15)33(2,31)32)13-28-29(24(23)30)17-6-10-21(26)22(27)12-17/h3-13H,1-2H3. The first-order chi connectivity index (χ1) is 15.6. The number of halogens is 3. The van der Waals surface area contributed by atoms with Crippen molar-refractivity contribution in [2.45, 2.75) is 11.8 Å². The Kier molecular flexibility index (Phi) is 5.67. The molecule has 0 bridgehead atoms. The number of aryl methyl sites for hydroxylation is 1. The summed E-state index contributed by atoms with van der Waals surface area (Å²) >= 11 is 0. The molecule has 5 nitrogen and oxygen atoms in total. The van der Waals surface area contributed by atoms with Gasteiger partial charge in [0.1, 0.15) is 5.82 Å². The topological polar surface area (TPSA) is 69.0 Å². The smallest absolute Gasteiger partial charge is 0.267 e. The lowest BCUT2D eigenvalue weighted by molar-refractivity contribution is 0.507. The molecule has 0 saturated carbocycles. The summed E-state index contributed by atoms with van der Waals surface area (Å²) in [5, 5.41) is 4.12. The normalized spacial score (nSPS) is 11.5. The van der Waals surface area contributed by atoms with Crippen LogP contribution in [0.3, 0.4) is 0 Å². The van der Waals surface area contributed by atoms with Crippen molar-refractivity contribution >= 4 is 9.84 Å². The lowest BCUT2D eigenvalue weighted by atomic mass is 9.94. The van der Waals surface area contributed by atoms with E-state index < -0.39 is 32.8 Å². The van der Waals surface area contributed by atoms with E-state index in [-0.39, 0.29) is 16.1 Å². The molecule has 0 aliphatic carbocycles. The maximum absolute atomic E-state index is 13.8. The van der Waals surface area contributed by atoms with E-state index in [2.05, 4.69) is 5.10 Å². The summed E-state index contributed by atoms with van der Waals surface area (Å²) in [6.07, 6.45) is 2.45. The van der Waals surface area contributed by atoms with Crippen molar-refractivity contribution in [2.24, 2.45) is 0 Å². The Balaban J connectivity index is 2.00. The second kappa shape index (κ2) is 8.32. The van der Waals surface area contributed by atoms with E-state index in [1.54, 1.807) is 6.92 Å². The van der Waals surface area contributed by atoms with Crippen LogP contribution in [-0.2, 0) is 9.84 Å². The summed E-state index contributed by atoms with van der Waals surface area (Å²) in [7, 11) is -3.42. The van der Waals surface area contributed by atoms with E-state index in [9.17, 15) is 26.4 Å². The van der Waals surface area contributed by atoms with Gasteiger partial charge in [-0.1, -0.05) is 18.2 Å². The third kappa shape index (κ3) is 4.31. The molecule has 3 aromatic carbocycles. The molecule has 0 aliphatic heterocycles. The molecule has 4 rings (SSSR count). The average molecular weight is 470 g/mol. The van der Waals surface area contributed by atoms with Crippen molar-refractivity contribution in [3.05, 3.63) is 100 Å². The molecule has 33 heavy (non-hydrogen) atoms. The van der Waals surface area contributed by atoms with Crippen LogP contribution >= 0.6 is 0 Å². The van der Waals surface area contributed by atoms with Crippen molar-refractivity contribution in [1.29, 1.82) is 0 Å². The van der Waals surface area contributed by atoms with Crippen LogP contribution in [0.4, 0.5) is 13.2 Å². The Morgan fingerprint density at radius 1 is 0.848 bits per heavy atom. The van der Waals surface area contributed by atoms with Gasteiger partial charge in [-0.25, -0.2) is 21.6 Å². The van der Waals surface area contributed by atoms with Gasteiger partial charge in [-0.2, -0.15) is 9.78 Å². The van der Waals surface area contributed by atoms with Crippen LogP contribution in [0.2, 0.25) is 0 Å². The van der Waals surface area contributed by atoms with Crippen LogP contribution in [0.1, 0.15) is 5.56 Å². The van der Waals surface area contributed by atoms with Crippen molar-refractivity contribution in [3.8, 4) is 27.9 Å². The first-order valence-corrected chi connectivity index (χ1v) is 11.6.